The highest BCUT2D eigenvalue weighted by molar-refractivity contribution is 5.90. The number of aliphatic hydroxyl groups is 6. The number of rotatable bonds is 20. The molecule has 27 atom stereocenters. The fraction of sp³-hybridized carbons (Fsp3) is 0.731. The summed E-state index contributed by atoms with van der Waals surface area (Å²) >= 11 is 0. The molecule has 510 valence electrons. The number of ether oxygens (including phenoxy) is 15. The Morgan fingerprint density at radius 3 is 1.63 bits per heavy atom. The Kier molecular flexibility index (Phi) is 21.4. The van der Waals surface area contributed by atoms with E-state index in [1.54, 1.807) is 24.3 Å². The Labute approximate surface area is 535 Å². The van der Waals surface area contributed by atoms with Gasteiger partial charge in [-0.05, 0) is 153 Å². The molecule has 0 bridgehead atoms. The van der Waals surface area contributed by atoms with Crippen LogP contribution in [-0.2, 0) is 71.2 Å². The van der Waals surface area contributed by atoms with E-state index in [9.17, 15) is 49.8 Å². The second-order valence-electron chi connectivity index (χ2n) is 27.3. The molecule has 0 aromatic heterocycles. The fourth-order valence-corrected chi connectivity index (χ4v) is 16.6. The minimum atomic E-state index is -1.62. The van der Waals surface area contributed by atoms with Gasteiger partial charge in [0.2, 0.25) is 0 Å². The number of aliphatic hydroxyl groups excluding tert-OH is 6. The van der Waals surface area contributed by atoms with Gasteiger partial charge in [-0.2, -0.15) is 0 Å². The van der Waals surface area contributed by atoms with Crippen LogP contribution in [-0.4, -0.2) is 218 Å². The van der Waals surface area contributed by atoms with E-state index in [1.165, 1.54) is 57.9 Å². The van der Waals surface area contributed by atoms with Crippen LogP contribution in [0.3, 0.4) is 0 Å². The van der Waals surface area contributed by atoms with Gasteiger partial charge in [0.15, 0.2) is 49.6 Å². The first-order valence-electron chi connectivity index (χ1n) is 32.5. The average molecular weight is 1300 g/mol. The number of fused-ring (bicyclic) bond motifs is 7. The topological polar surface area (TPSA) is 328 Å². The Bertz CT molecular complexity index is 2890. The predicted molar refractivity (Wildman–Crippen MR) is 318 cm³/mol. The van der Waals surface area contributed by atoms with E-state index in [0.29, 0.717) is 53.9 Å². The van der Waals surface area contributed by atoms with Crippen LogP contribution in [0.5, 0.6) is 11.5 Å². The van der Waals surface area contributed by atoms with Gasteiger partial charge in [-0.15, -0.1) is 0 Å². The standard InChI is InChI=1S/C67H92O25/c1-32(27-80-62-58(85-34(3)68)54(47(72)30-81-62)91-63-56(52(74)45(70)28-82-63)89-60(76)36-10-15-39(78-7)16-11-36)9-20-49-33(2)51-50(88-49)26-44-42-19-14-38-25-41(21-23-66(38,5)43(42)22-24-67(44,51)6)87-65-59(86-35(4)69)55(48(73)31-84-65)92-64-57(53(75)46(71)29-83-64)90-61(77)37-12-17-40(79-8)18-13-37/h10-18,32-33,41-59,62-65,70-75H,9,19-31H2,1-8H3/t32-,33-,41+,42-,43+,44+,45-,46-,47+,48+,49?,50?,51+,52+,53+,54+,55+,56-,57-,58-,59-,62-,63+,64+,65+,66+,67+/m1/s1. The molecule has 4 aliphatic carbocycles. The Hall–Kier alpha value is -4.94. The Morgan fingerprint density at radius 2 is 1.11 bits per heavy atom. The van der Waals surface area contributed by atoms with Crippen molar-refractivity contribution in [2.45, 2.75) is 216 Å². The van der Waals surface area contributed by atoms with Crippen LogP contribution >= 0.6 is 0 Å². The van der Waals surface area contributed by atoms with Gasteiger partial charge < -0.3 is 102 Å². The molecule has 2 aromatic carbocycles. The van der Waals surface area contributed by atoms with E-state index in [4.69, 9.17) is 71.1 Å². The molecule has 0 spiro atoms. The van der Waals surface area contributed by atoms with E-state index < -0.39 is 122 Å². The SMILES string of the molecule is COc1ccc(C(=O)O[C@H]2[C@H](O[C@@H]3[C@@H](OC(C)=O)[C@H](OC[C@H](C)CCC4OC5C[C@H]6[C@@H]7CC=C8C[C@@H](O[C@@H]9OC[C@H](O)[C@H](O[C@@H]%10OC[C@@H](O)[C@H](O)[C@H]%10OC(=O)c%10ccc(OC)cc%10)[C@H]9OC(C)=O)CC[C@]8(C)[C@H]7CC[C@]6(C)[C@H]5[C@@H]4C)OC[C@@H]3O)OC[C@@H](O)[C@@H]2O)cc1. The largest absolute Gasteiger partial charge is 0.497 e. The molecule has 0 amide bonds. The van der Waals surface area contributed by atoms with Crippen LogP contribution in [0.1, 0.15) is 120 Å². The molecular weight excluding hydrogens is 1200 g/mol. The zero-order chi connectivity index (χ0) is 65.5. The summed E-state index contributed by atoms with van der Waals surface area (Å²) in [6, 6.07) is 12.2. The summed E-state index contributed by atoms with van der Waals surface area (Å²) in [6.07, 6.45) is -12.2. The summed E-state index contributed by atoms with van der Waals surface area (Å²) in [5.74, 6) is 0.122. The van der Waals surface area contributed by atoms with Gasteiger partial charge in [0, 0.05) is 13.8 Å². The number of esters is 4. The predicted octanol–water partition coefficient (Wildman–Crippen LogP) is 4.09. The first kappa shape index (κ1) is 68.4. The lowest BCUT2D eigenvalue weighted by Crippen LogP contribution is -2.62. The van der Waals surface area contributed by atoms with E-state index in [-0.39, 0.29) is 79.2 Å². The van der Waals surface area contributed by atoms with Gasteiger partial charge in [0.1, 0.15) is 60.3 Å². The van der Waals surface area contributed by atoms with Gasteiger partial charge in [-0.25, -0.2) is 9.59 Å². The molecule has 11 rings (SSSR count). The number of carbonyl (C=O) groups is 4. The lowest BCUT2D eigenvalue weighted by Gasteiger charge is -2.58. The van der Waals surface area contributed by atoms with Crippen molar-refractivity contribution >= 4 is 23.9 Å². The highest BCUT2D eigenvalue weighted by Gasteiger charge is 2.65. The Morgan fingerprint density at radius 1 is 0.609 bits per heavy atom. The third-order valence-electron chi connectivity index (χ3n) is 21.5. The molecule has 25 nitrogen and oxygen atoms in total. The fourth-order valence-electron chi connectivity index (χ4n) is 16.6. The quantitative estimate of drug-likeness (QED) is 0.0618. The van der Waals surface area contributed by atoms with Crippen molar-refractivity contribution in [2.75, 3.05) is 47.3 Å². The van der Waals surface area contributed by atoms with Gasteiger partial charge in [0.05, 0.1) is 76.7 Å². The number of methoxy groups -OCH3 is 2. The molecule has 2 aromatic rings. The third kappa shape index (κ3) is 14.2. The molecule has 2 unspecified atom stereocenters. The first-order chi connectivity index (χ1) is 44.0. The highest BCUT2D eigenvalue weighted by atomic mass is 16.8. The minimum Gasteiger partial charge on any atom is -0.497 e. The maximum Gasteiger partial charge on any atom is 0.338 e. The number of hydrogen-bond acceptors (Lipinski definition) is 25. The zero-order valence-corrected chi connectivity index (χ0v) is 53.5. The Balaban J connectivity index is 0.678. The van der Waals surface area contributed by atoms with Gasteiger partial charge >= 0.3 is 23.9 Å². The zero-order valence-electron chi connectivity index (χ0n) is 53.5. The molecule has 5 aliphatic heterocycles. The van der Waals surface area contributed by atoms with Crippen molar-refractivity contribution in [1.29, 1.82) is 0 Å². The molecule has 6 N–H and O–H groups in total. The van der Waals surface area contributed by atoms with E-state index in [1.807, 2.05) is 0 Å². The minimum absolute atomic E-state index is 0.0142. The number of allylic oxidation sites excluding steroid dienone is 1. The number of hydrogen-bond donors (Lipinski definition) is 6. The van der Waals surface area contributed by atoms with Crippen molar-refractivity contribution in [1.82, 2.24) is 0 Å². The van der Waals surface area contributed by atoms with Crippen LogP contribution < -0.4 is 9.47 Å². The summed E-state index contributed by atoms with van der Waals surface area (Å²) < 4.78 is 89.3. The van der Waals surface area contributed by atoms with Gasteiger partial charge in [0.25, 0.3) is 0 Å². The summed E-state index contributed by atoms with van der Waals surface area (Å²) in [4.78, 5) is 51.8. The molecule has 5 heterocycles. The first-order valence-corrected chi connectivity index (χ1v) is 32.5. The van der Waals surface area contributed by atoms with Crippen molar-refractivity contribution in [3.05, 3.63) is 71.3 Å². The maximum absolute atomic E-state index is 13.3. The monoisotopic (exact) mass is 1300 g/mol. The smallest absolute Gasteiger partial charge is 0.338 e. The molecule has 5 saturated heterocycles. The van der Waals surface area contributed by atoms with E-state index >= 15 is 0 Å². The van der Waals surface area contributed by atoms with Crippen LogP contribution in [0, 0.1) is 46.3 Å². The van der Waals surface area contributed by atoms with Crippen molar-refractivity contribution < 1.29 is 121 Å². The van der Waals surface area contributed by atoms with Crippen LogP contribution in [0.15, 0.2) is 60.2 Å². The molecule has 92 heavy (non-hydrogen) atoms. The van der Waals surface area contributed by atoms with Crippen molar-refractivity contribution in [3.63, 3.8) is 0 Å². The van der Waals surface area contributed by atoms with Gasteiger partial charge in [-0.3, -0.25) is 9.59 Å². The molecule has 25 heteroatoms. The van der Waals surface area contributed by atoms with Crippen LogP contribution in [0.2, 0.25) is 0 Å². The maximum atomic E-state index is 13.3. The molecule has 0 radical (unpaired) electrons. The molecule has 3 saturated carbocycles. The summed E-state index contributed by atoms with van der Waals surface area (Å²) in [5, 5.41) is 65.8. The molecule has 9 aliphatic rings. The molecule has 8 fully saturated rings. The highest BCUT2D eigenvalue weighted by Crippen LogP contribution is 2.69. The number of benzene rings is 2. The lowest BCUT2D eigenvalue weighted by atomic mass is 9.47. The van der Waals surface area contributed by atoms with Gasteiger partial charge in [-0.1, -0.05) is 39.3 Å². The summed E-state index contributed by atoms with van der Waals surface area (Å²) in [7, 11) is 2.97. The van der Waals surface area contributed by atoms with E-state index in [0.717, 1.165) is 44.9 Å². The van der Waals surface area contributed by atoms with Crippen molar-refractivity contribution in [3.8, 4) is 11.5 Å². The van der Waals surface area contributed by atoms with Crippen molar-refractivity contribution in [2.24, 2.45) is 46.3 Å². The second kappa shape index (κ2) is 28.8. The van der Waals surface area contributed by atoms with E-state index in [2.05, 4.69) is 33.8 Å². The third-order valence-corrected chi connectivity index (χ3v) is 21.5. The summed E-state index contributed by atoms with van der Waals surface area (Å²) in [6.45, 7) is 10.7. The lowest BCUT2D eigenvalue weighted by molar-refractivity contribution is -0.339. The molecular formula is C67H92O25. The van der Waals surface area contributed by atoms with Crippen LogP contribution in [0.25, 0.3) is 0 Å². The normalized spacial score (nSPS) is 41.9. The second-order valence-corrected chi connectivity index (χ2v) is 27.3. The van der Waals surface area contributed by atoms with Crippen LogP contribution in [0.4, 0.5) is 0 Å². The summed E-state index contributed by atoms with van der Waals surface area (Å²) in [5.41, 5.74) is 1.64. The average Bonchev–Trinajstić information content (AvgIpc) is 1.48. The number of carbonyl (C=O) groups excluding carboxylic acids is 4.